The Morgan fingerprint density at radius 2 is 0.724 bits per heavy atom. The van der Waals surface area contributed by atoms with E-state index in [2.05, 4.69) is 120 Å². The number of nitrogens with two attached hydrogens (primary N) is 2. The maximum absolute atomic E-state index is 6.09. The summed E-state index contributed by atoms with van der Waals surface area (Å²) in [5.41, 5.74) is 19.2. The van der Waals surface area contributed by atoms with Gasteiger partial charge in [0.25, 0.3) is 0 Å². The van der Waals surface area contributed by atoms with Crippen molar-refractivity contribution in [1.29, 1.82) is 0 Å². The van der Waals surface area contributed by atoms with Crippen LogP contribution in [-0.4, -0.2) is 0 Å². The van der Waals surface area contributed by atoms with Crippen LogP contribution < -0.4 is 11.5 Å². The molecule has 2 rings (SSSR count). The van der Waals surface area contributed by atoms with E-state index in [0.29, 0.717) is 23.7 Å². The average molecular weight is 573 g/mol. The molecule has 0 aliphatic heterocycles. The number of hydrogen-bond acceptors (Lipinski definition) is 2. The quantitative estimate of drug-likeness (QED) is 0.284. The minimum atomic E-state index is 0.513. The van der Waals surface area contributed by atoms with Crippen molar-refractivity contribution < 1.29 is 10.9 Å². The van der Waals surface area contributed by atoms with Gasteiger partial charge in [-0.2, -0.15) is 0 Å². The van der Waals surface area contributed by atoms with Gasteiger partial charge in [0.2, 0.25) is 0 Å². The van der Waals surface area contributed by atoms with Gasteiger partial charge in [0.05, 0.1) is 0 Å². The predicted molar refractivity (Wildman–Crippen MR) is 136 cm³/mol. The van der Waals surface area contributed by atoms with E-state index in [1.54, 1.807) is 0 Å². The molecule has 0 saturated heterocycles. The van der Waals surface area contributed by atoms with Gasteiger partial charge in [0.1, 0.15) is 0 Å². The minimum absolute atomic E-state index is 0.513. The van der Waals surface area contributed by atoms with Gasteiger partial charge in [0.15, 0.2) is 0 Å². The Balaban J connectivity index is 0.000000477. The van der Waals surface area contributed by atoms with Crippen LogP contribution in [0, 0.1) is 0 Å². The van der Waals surface area contributed by atoms with Gasteiger partial charge >= 0.3 is 39.3 Å². The summed E-state index contributed by atoms with van der Waals surface area (Å²) >= 11 is 6.00. The number of rotatable bonds is 4. The van der Waals surface area contributed by atoms with Crippen LogP contribution in [0.25, 0.3) is 0 Å². The van der Waals surface area contributed by atoms with Crippen molar-refractivity contribution in [2.75, 3.05) is 11.5 Å². The van der Waals surface area contributed by atoms with Crippen molar-refractivity contribution in [3.8, 4) is 0 Å². The fourth-order valence-electron chi connectivity index (χ4n) is 3.22. The molecule has 0 heterocycles. The second-order valence-electron chi connectivity index (χ2n) is 8.36. The van der Waals surface area contributed by atoms with E-state index in [4.69, 9.17) is 11.5 Å². The molecule has 5 heteroatoms. The first-order valence-corrected chi connectivity index (χ1v) is 15.0. The summed E-state index contributed by atoms with van der Waals surface area (Å²) in [5.74, 6) is 2.05. The zero-order chi connectivity index (χ0) is 22.7. The molecular formula is C24H38Br2N2Ni. The molecule has 0 aliphatic rings. The van der Waals surface area contributed by atoms with Crippen LogP contribution in [0.15, 0.2) is 36.4 Å². The van der Waals surface area contributed by atoms with Gasteiger partial charge in [0, 0.05) is 11.4 Å². The molecule has 0 spiro atoms. The Kier molecular flexibility index (Phi) is 14.2. The summed E-state index contributed by atoms with van der Waals surface area (Å²) in [6, 6.07) is 12.7. The first-order valence-electron chi connectivity index (χ1n) is 10.1. The van der Waals surface area contributed by atoms with E-state index in [9.17, 15) is 0 Å². The number of anilines is 2. The van der Waals surface area contributed by atoms with Crippen LogP contribution in [-0.2, 0) is 10.9 Å². The molecule has 0 radical (unpaired) electrons. The number of benzene rings is 2. The van der Waals surface area contributed by atoms with E-state index < -0.39 is 0 Å². The molecule has 168 valence electrons. The molecule has 0 bridgehead atoms. The molecular weight excluding hydrogens is 535 g/mol. The topological polar surface area (TPSA) is 52.0 Å². The van der Waals surface area contributed by atoms with E-state index in [1.165, 1.54) is 33.2 Å². The molecule has 0 fully saturated rings. The van der Waals surface area contributed by atoms with Crippen molar-refractivity contribution in [2.24, 2.45) is 0 Å². The third kappa shape index (κ3) is 9.45. The van der Waals surface area contributed by atoms with Crippen molar-refractivity contribution in [3.63, 3.8) is 0 Å². The zero-order valence-corrected chi connectivity index (χ0v) is 23.2. The van der Waals surface area contributed by atoms with Gasteiger partial charge in [-0.1, -0.05) is 91.8 Å². The average Bonchev–Trinajstić information content (AvgIpc) is 2.62. The van der Waals surface area contributed by atoms with Crippen LogP contribution in [0.5, 0.6) is 0 Å². The molecule has 0 saturated carbocycles. The van der Waals surface area contributed by atoms with Gasteiger partial charge < -0.3 is 11.5 Å². The number of hydrogen-bond donors (Lipinski definition) is 2. The molecule has 0 atom stereocenters. The fraction of sp³-hybridized carbons (Fsp3) is 0.500. The molecule has 0 aromatic heterocycles. The molecule has 2 aromatic rings. The molecule has 2 aromatic carbocycles. The van der Waals surface area contributed by atoms with Crippen molar-refractivity contribution in [3.05, 3.63) is 58.7 Å². The molecule has 2 nitrogen and oxygen atoms in total. The summed E-state index contributed by atoms with van der Waals surface area (Å²) in [5, 5.41) is 0. The number of halogens is 2. The molecule has 29 heavy (non-hydrogen) atoms. The van der Waals surface area contributed by atoms with Crippen LogP contribution in [0.1, 0.15) is 101 Å². The van der Waals surface area contributed by atoms with Crippen LogP contribution in [0.4, 0.5) is 11.4 Å². The van der Waals surface area contributed by atoms with Crippen LogP contribution in [0.3, 0.4) is 0 Å². The Labute approximate surface area is 199 Å². The zero-order valence-electron chi connectivity index (χ0n) is 19.0. The van der Waals surface area contributed by atoms with Gasteiger partial charge in [-0.25, -0.2) is 0 Å². The molecule has 4 N–H and O–H groups in total. The van der Waals surface area contributed by atoms with Crippen molar-refractivity contribution in [1.82, 2.24) is 0 Å². The second kappa shape index (κ2) is 14.5. The third-order valence-corrected chi connectivity index (χ3v) is 4.84. The third-order valence-electron chi connectivity index (χ3n) is 4.84. The molecule has 0 unspecified atom stereocenters. The Hall–Kier alpha value is -0.506. The van der Waals surface area contributed by atoms with Gasteiger partial charge in [-0.3, -0.25) is 0 Å². The Morgan fingerprint density at radius 1 is 0.552 bits per heavy atom. The molecule has 0 amide bonds. The monoisotopic (exact) mass is 570 g/mol. The van der Waals surface area contributed by atoms with E-state index in [1.807, 2.05) is 0 Å². The van der Waals surface area contributed by atoms with Crippen molar-refractivity contribution >= 4 is 39.8 Å². The summed E-state index contributed by atoms with van der Waals surface area (Å²) in [6.07, 6.45) is 0. The predicted octanol–water partition coefficient (Wildman–Crippen LogP) is 8.72. The summed E-state index contributed by atoms with van der Waals surface area (Å²) < 4.78 is 0. The summed E-state index contributed by atoms with van der Waals surface area (Å²) in [7, 11) is 1.25. The van der Waals surface area contributed by atoms with Crippen LogP contribution in [0.2, 0.25) is 0 Å². The maximum atomic E-state index is 6.09. The first-order chi connectivity index (χ1) is 13.5. The van der Waals surface area contributed by atoms with E-state index >= 15 is 0 Å². The fourth-order valence-corrected chi connectivity index (χ4v) is 3.22. The Bertz CT molecular complexity index is 615. The normalized spacial score (nSPS) is 10.8. The van der Waals surface area contributed by atoms with E-state index in [0.717, 1.165) is 11.4 Å². The van der Waals surface area contributed by atoms with Crippen LogP contribution >= 0.6 is 28.5 Å². The summed E-state index contributed by atoms with van der Waals surface area (Å²) in [6.45, 7) is 17.4. The van der Waals surface area contributed by atoms with Crippen molar-refractivity contribution in [2.45, 2.75) is 79.1 Å². The number of para-hydroxylation sites is 2. The summed E-state index contributed by atoms with van der Waals surface area (Å²) in [4.78, 5) is 0. The standard InChI is InChI=1S/2C12H19N.2BrH.Ni/c2*1-8(2)10-6-5-7-11(9(3)4)12(10)13;;;/h2*5-9H,13H2,1-4H3;2*1H;/q;;;;+2/p-2. The second-order valence-corrected chi connectivity index (χ2v) is 13.3. The molecule has 0 aliphatic carbocycles. The van der Waals surface area contributed by atoms with Gasteiger partial charge in [-0.15, -0.1) is 0 Å². The SMILES string of the molecule is CC(C)c1cccc(C(C)C)c1N.CC(C)c1cccc(C(C)C)c1N.[Br][Ni][Br]. The van der Waals surface area contributed by atoms with Gasteiger partial charge in [-0.05, 0) is 45.9 Å². The Morgan fingerprint density at radius 3 is 0.862 bits per heavy atom. The number of nitrogen functional groups attached to an aromatic ring is 2. The van der Waals surface area contributed by atoms with E-state index in [-0.39, 0.29) is 0 Å². The first kappa shape index (κ1) is 28.5.